The van der Waals surface area contributed by atoms with Crippen molar-refractivity contribution in [1.29, 1.82) is 0 Å². The molecular formula is C13H17ClO2. The summed E-state index contributed by atoms with van der Waals surface area (Å²) in [5, 5.41) is 9.97. The van der Waals surface area contributed by atoms with Crippen molar-refractivity contribution in [2.45, 2.75) is 39.2 Å². The van der Waals surface area contributed by atoms with Crippen molar-refractivity contribution in [3.63, 3.8) is 0 Å². The highest BCUT2D eigenvalue weighted by atomic mass is 35.5. The molecule has 16 heavy (non-hydrogen) atoms. The van der Waals surface area contributed by atoms with E-state index in [1.54, 1.807) is 0 Å². The van der Waals surface area contributed by atoms with Gasteiger partial charge in [-0.1, -0.05) is 25.4 Å². The molecule has 1 heterocycles. The zero-order chi connectivity index (χ0) is 11.9. The maximum absolute atomic E-state index is 9.17. The fourth-order valence-corrected chi connectivity index (χ4v) is 2.38. The fourth-order valence-electron chi connectivity index (χ4n) is 2.15. The van der Waals surface area contributed by atoms with Crippen molar-refractivity contribution >= 4 is 11.6 Å². The van der Waals surface area contributed by atoms with Crippen LogP contribution in [0.25, 0.3) is 0 Å². The second kappa shape index (κ2) is 4.27. The Morgan fingerprint density at radius 1 is 1.56 bits per heavy atom. The summed E-state index contributed by atoms with van der Waals surface area (Å²) in [6.45, 7) is 6.31. The number of rotatable bonds is 2. The molecule has 1 aliphatic heterocycles. The highest BCUT2D eigenvalue weighted by Gasteiger charge is 2.28. The molecule has 2 rings (SSSR count). The third-order valence-electron chi connectivity index (χ3n) is 3.17. The Labute approximate surface area is 101 Å². The Bertz CT molecular complexity index is 413. The van der Waals surface area contributed by atoms with Gasteiger partial charge in [0.2, 0.25) is 0 Å². The number of aliphatic hydroxyl groups is 1. The number of hydrogen-bond acceptors (Lipinski definition) is 2. The van der Waals surface area contributed by atoms with E-state index in [1.165, 1.54) is 0 Å². The van der Waals surface area contributed by atoms with Gasteiger partial charge >= 0.3 is 0 Å². The van der Waals surface area contributed by atoms with Crippen LogP contribution in [0.3, 0.4) is 0 Å². The Kier molecular flexibility index (Phi) is 3.13. The molecule has 88 valence electrons. The van der Waals surface area contributed by atoms with E-state index in [4.69, 9.17) is 21.4 Å². The molecule has 0 spiro atoms. The van der Waals surface area contributed by atoms with Gasteiger partial charge in [0.15, 0.2) is 0 Å². The first kappa shape index (κ1) is 11.7. The van der Waals surface area contributed by atoms with Crippen LogP contribution < -0.4 is 4.74 Å². The summed E-state index contributed by atoms with van der Waals surface area (Å²) in [4.78, 5) is 0. The monoisotopic (exact) mass is 240 g/mol. The number of ether oxygens (including phenoxy) is 1. The molecule has 0 fully saturated rings. The van der Waals surface area contributed by atoms with E-state index in [0.29, 0.717) is 5.92 Å². The highest BCUT2D eigenvalue weighted by molar-refractivity contribution is 6.31. The Balaban J connectivity index is 2.53. The average Bonchev–Trinajstić information content (AvgIpc) is 2.67. The molecule has 0 bridgehead atoms. The normalized spacial score (nSPS) is 18.8. The first-order chi connectivity index (χ1) is 7.54. The molecule has 1 atom stereocenters. The summed E-state index contributed by atoms with van der Waals surface area (Å²) in [6, 6.07) is 1.99. The first-order valence-corrected chi connectivity index (χ1v) is 6.01. The van der Waals surface area contributed by atoms with Crippen molar-refractivity contribution in [3.8, 4) is 5.75 Å². The summed E-state index contributed by atoms with van der Waals surface area (Å²) in [6.07, 6.45) is 0.655. The number of aliphatic hydroxyl groups excluding tert-OH is 1. The minimum atomic E-state index is -0.107. The lowest BCUT2D eigenvalue weighted by Crippen LogP contribution is -2.17. The fraction of sp³-hybridized carbons (Fsp3) is 0.538. The van der Waals surface area contributed by atoms with Crippen molar-refractivity contribution in [1.82, 2.24) is 0 Å². The van der Waals surface area contributed by atoms with Gasteiger partial charge in [-0.3, -0.25) is 0 Å². The van der Waals surface area contributed by atoms with Crippen LogP contribution >= 0.6 is 11.6 Å². The lowest BCUT2D eigenvalue weighted by Gasteiger charge is -2.15. The molecular weight excluding hydrogens is 224 g/mol. The third kappa shape index (κ3) is 1.80. The van der Waals surface area contributed by atoms with Gasteiger partial charge in [-0.2, -0.15) is 0 Å². The van der Waals surface area contributed by atoms with Gasteiger partial charge in [0.05, 0.1) is 6.61 Å². The van der Waals surface area contributed by atoms with E-state index in [2.05, 4.69) is 13.8 Å². The van der Waals surface area contributed by atoms with E-state index >= 15 is 0 Å². The van der Waals surface area contributed by atoms with Crippen LogP contribution in [0.1, 0.15) is 36.5 Å². The topological polar surface area (TPSA) is 29.5 Å². The SMILES string of the molecule is Cc1c(Cl)cc(C(C)C)c2c1CC(CO)O2. The molecule has 0 aromatic heterocycles. The second-order valence-corrected chi connectivity index (χ2v) is 5.07. The number of benzene rings is 1. The quantitative estimate of drug-likeness (QED) is 0.861. The largest absolute Gasteiger partial charge is 0.487 e. The number of halogens is 1. The predicted molar refractivity (Wildman–Crippen MR) is 65.5 cm³/mol. The van der Waals surface area contributed by atoms with Crippen molar-refractivity contribution < 1.29 is 9.84 Å². The summed E-state index contributed by atoms with van der Waals surface area (Å²) in [5.74, 6) is 1.32. The summed E-state index contributed by atoms with van der Waals surface area (Å²) >= 11 is 6.21. The van der Waals surface area contributed by atoms with Gasteiger partial charge in [0.1, 0.15) is 11.9 Å². The zero-order valence-electron chi connectivity index (χ0n) is 9.88. The molecule has 2 nitrogen and oxygen atoms in total. The molecule has 0 radical (unpaired) electrons. The minimum absolute atomic E-state index is 0.0588. The molecule has 0 saturated carbocycles. The van der Waals surface area contributed by atoms with Gasteiger partial charge < -0.3 is 9.84 Å². The van der Waals surface area contributed by atoms with Crippen LogP contribution in [0.2, 0.25) is 5.02 Å². The molecule has 1 aromatic carbocycles. The van der Waals surface area contributed by atoms with E-state index < -0.39 is 0 Å². The first-order valence-electron chi connectivity index (χ1n) is 5.64. The lowest BCUT2D eigenvalue weighted by molar-refractivity contribution is 0.133. The van der Waals surface area contributed by atoms with Crippen molar-refractivity contribution in [2.24, 2.45) is 0 Å². The Hall–Kier alpha value is -0.730. The Morgan fingerprint density at radius 3 is 2.81 bits per heavy atom. The maximum Gasteiger partial charge on any atom is 0.127 e. The molecule has 1 N–H and O–H groups in total. The van der Waals surface area contributed by atoms with Crippen LogP contribution in [-0.2, 0) is 6.42 Å². The molecule has 1 aliphatic rings. The smallest absolute Gasteiger partial charge is 0.127 e. The van der Waals surface area contributed by atoms with Gasteiger partial charge in [-0.15, -0.1) is 0 Å². The van der Waals surface area contributed by atoms with E-state index in [1.807, 2.05) is 13.0 Å². The number of hydrogen-bond donors (Lipinski definition) is 1. The van der Waals surface area contributed by atoms with Crippen LogP contribution in [0.4, 0.5) is 0 Å². The van der Waals surface area contributed by atoms with Gasteiger partial charge in [-0.05, 0) is 30.0 Å². The molecule has 3 heteroatoms. The molecule has 1 aromatic rings. The van der Waals surface area contributed by atoms with Crippen LogP contribution in [0.5, 0.6) is 5.75 Å². The minimum Gasteiger partial charge on any atom is -0.487 e. The van der Waals surface area contributed by atoms with Gasteiger partial charge in [0, 0.05) is 17.0 Å². The van der Waals surface area contributed by atoms with E-state index in [-0.39, 0.29) is 12.7 Å². The van der Waals surface area contributed by atoms with Crippen LogP contribution in [0, 0.1) is 6.92 Å². The second-order valence-electron chi connectivity index (χ2n) is 4.66. The summed E-state index contributed by atoms with van der Waals surface area (Å²) in [5.41, 5.74) is 3.38. The van der Waals surface area contributed by atoms with E-state index in [9.17, 15) is 0 Å². The lowest BCUT2D eigenvalue weighted by atomic mass is 9.95. The molecule has 0 saturated heterocycles. The summed E-state index contributed by atoms with van der Waals surface area (Å²) in [7, 11) is 0. The van der Waals surface area contributed by atoms with Crippen molar-refractivity contribution in [2.75, 3.05) is 6.61 Å². The number of fused-ring (bicyclic) bond motifs is 1. The van der Waals surface area contributed by atoms with Crippen LogP contribution in [0.15, 0.2) is 6.07 Å². The summed E-state index contributed by atoms with van der Waals surface area (Å²) < 4.78 is 5.78. The highest BCUT2D eigenvalue weighted by Crippen LogP contribution is 2.41. The molecule has 1 unspecified atom stereocenters. The van der Waals surface area contributed by atoms with Crippen molar-refractivity contribution in [3.05, 3.63) is 27.8 Å². The molecule has 0 amide bonds. The maximum atomic E-state index is 9.17. The predicted octanol–water partition coefficient (Wildman–Crippen LogP) is 3.07. The third-order valence-corrected chi connectivity index (χ3v) is 3.56. The zero-order valence-corrected chi connectivity index (χ0v) is 10.6. The Morgan fingerprint density at radius 2 is 2.25 bits per heavy atom. The van der Waals surface area contributed by atoms with Crippen LogP contribution in [-0.4, -0.2) is 17.8 Å². The molecule has 0 aliphatic carbocycles. The van der Waals surface area contributed by atoms with E-state index in [0.717, 1.165) is 33.9 Å². The van der Waals surface area contributed by atoms with Gasteiger partial charge in [-0.25, -0.2) is 0 Å². The average molecular weight is 241 g/mol. The standard InChI is InChI=1S/C13H17ClO2/c1-7(2)10-5-12(14)8(3)11-4-9(6-15)16-13(10)11/h5,7,9,15H,4,6H2,1-3H3. The van der Waals surface area contributed by atoms with Gasteiger partial charge in [0.25, 0.3) is 0 Å².